The Balaban J connectivity index is 1.29. The minimum atomic E-state index is -0.320. The van der Waals surface area contributed by atoms with E-state index < -0.39 is 0 Å². The van der Waals surface area contributed by atoms with Gasteiger partial charge in [-0.1, -0.05) is 31.1 Å². The van der Waals surface area contributed by atoms with Crippen molar-refractivity contribution in [2.45, 2.75) is 52.4 Å². The number of hydrogen-bond donors (Lipinski definition) is 2. The number of carbonyl (C=O) groups is 1. The quantitative estimate of drug-likeness (QED) is 0.450. The molecule has 2 aromatic heterocycles. The largest absolute Gasteiger partial charge is 0.404 e. The summed E-state index contributed by atoms with van der Waals surface area (Å²) in [5.74, 6) is 1.27. The first-order chi connectivity index (χ1) is 16.9. The average molecular weight is 473 g/mol. The molecule has 3 heterocycles. The van der Waals surface area contributed by atoms with Crippen LogP contribution >= 0.6 is 0 Å². The Morgan fingerprint density at radius 1 is 1.23 bits per heavy atom. The standard InChI is InChI=1S/C27H32N6O2/c1-4-27(5-2)15-33(16-27)20-10-11-22(29-14-20)21(13-28)25(34)30-23-12-19(7-6-17(23)3)24-31-26(35-32-24)18-8-9-18/h6-7,10-14,18H,4-5,8-9,15-16,28H2,1-3H3,(H,30,34)/b21-13+. The van der Waals surface area contributed by atoms with Crippen LogP contribution in [0, 0.1) is 12.3 Å². The Bertz CT molecular complexity index is 1250. The molecular weight excluding hydrogens is 440 g/mol. The van der Waals surface area contributed by atoms with Crippen molar-refractivity contribution in [3.63, 3.8) is 0 Å². The molecule has 1 saturated heterocycles. The second-order valence-electron chi connectivity index (χ2n) is 9.76. The van der Waals surface area contributed by atoms with Gasteiger partial charge in [0.1, 0.15) is 0 Å². The summed E-state index contributed by atoms with van der Waals surface area (Å²) in [6, 6.07) is 9.57. The van der Waals surface area contributed by atoms with E-state index in [-0.39, 0.29) is 5.91 Å². The molecule has 0 spiro atoms. The minimum Gasteiger partial charge on any atom is -0.404 e. The number of nitrogens with zero attached hydrogens (tertiary/aromatic N) is 4. The summed E-state index contributed by atoms with van der Waals surface area (Å²) in [5.41, 5.74) is 10.6. The van der Waals surface area contributed by atoms with Gasteiger partial charge in [-0.2, -0.15) is 4.98 Å². The van der Waals surface area contributed by atoms with Crippen LogP contribution in [0.25, 0.3) is 17.0 Å². The number of pyridine rings is 1. The van der Waals surface area contributed by atoms with Crippen molar-refractivity contribution in [1.82, 2.24) is 15.1 Å². The van der Waals surface area contributed by atoms with E-state index in [2.05, 4.69) is 39.2 Å². The van der Waals surface area contributed by atoms with Gasteiger partial charge in [-0.15, -0.1) is 0 Å². The predicted octanol–water partition coefficient (Wildman–Crippen LogP) is 4.88. The summed E-state index contributed by atoms with van der Waals surface area (Å²) in [4.78, 5) is 24.5. The number of benzene rings is 1. The van der Waals surface area contributed by atoms with Gasteiger partial charge in [-0.3, -0.25) is 9.78 Å². The molecule has 2 fully saturated rings. The van der Waals surface area contributed by atoms with Gasteiger partial charge in [0.25, 0.3) is 5.91 Å². The normalized spacial score (nSPS) is 17.2. The fourth-order valence-corrected chi connectivity index (χ4v) is 4.59. The van der Waals surface area contributed by atoms with E-state index in [1.54, 1.807) is 0 Å². The molecule has 35 heavy (non-hydrogen) atoms. The second kappa shape index (κ2) is 9.17. The third kappa shape index (κ3) is 4.52. The van der Waals surface area contributed by atoms with Gasteiger partial charge in [0.15, 0.2) is 0 Å². The smallest absolute Gasteiger partial charge is 0.259 e. The molecular formula is C27H32N6O2. The van der Waals surface area contributed by atoms with E-state index in [9.17, 15) is 4.79 Å². The molecule has 2 aliphatic rings. The number of anilines is 2. The fraction of sp³-hybridized carbons (Fsp3) is 0.407. The van der Waals surface area contributed by atoms with E-state index in [0.29, 0.717) is 40.0 Å². The highest BCUT2D eigenvalue weighted by molar-refractivity contribution is 6.24. The van der Waals surface area contributed by atoms with Crippen molar-refractivity contribution < 1.29 is 9.32 Å². The molecule has 0 radical (unpaired) electrons. The van der Waals surface area contributed by atoms with Crippen molar-refractivity contribution in [2.24, 2.45) is 11.1 Å². The Hall–Kier alpha value is -3.68. The lowest BCUT2D eigenvalue weighted by molar-refractivity contribution is -0.111. The highest BCUT2D eigenvalue weighted by Gasteiger charge is 2.39. The molecule has 3 N–H and O–H groups in total. The maximum atomic E-state index is 13.1. The van der Waals surface area contributed by atoms with Gasteiger partial charge < -0.3 is 20.5 Å². The Labute approximate surface area is 205 Å². The molecule has 1 saturated carbocycles. The maximum absolute atomic E-state index is 13.1. The molecule has 1 aliphatic carbocycles. The number of nitrogens with two attached hydrogens (primary N) is 1. The molecule has 8 nitrogen and oxygen atoms in total. The van der Waals surface area contributed by atoms with Crippen molar-refractivity contribution in [3.8, 4) is 11.4 Å². The predicted molar refractivity (Wildman–Crippen MR) is 137 cm³/mol. The van der Waals surface area contributed by atoms with E-state index in [4.69, 9.17) is 10.3 Å². The highest BCUT2D eigenvalue weighted by atomic mass is 16.5. The number of rotatable bonds is 8. The average Bonchev–Trinajstić information content (AvgIpc) is 3.58. The van der Waals surface area contributed by atoms with Crippen LogP contribution in [0.2, 0.25) is 0 Å². The van der Waals surface area contributed by atoms with Crippen LogP contribution in [-0.4, -0.2) is 34.1 Å². The van der Waals surface area contributed by atoms with Gasteiger partial charge >= 0.3 is 0 Å². The Morgan fingerprint density at radius 2 is 2.00 bits per heavy atom. The van der Waals surface area contributed by atoms with Crippen molar-refractivity contribution in [2.75, 3.05) is 23.3 Å². The number of aromatic nitrogens is 3. The van der Waals surface area contributed by atoms with Crippen LogP contribution in [0.5, 0.6) is 0 Å². The molecule has 8 heteroatoms. The lowest BCUT2D eigenvalue weighted by atomic mass is 9.75. The summed E-state index contributed by atoms with van der Waals surface area (Å²) in [5, 5.41) is 7.08. The van der Waals surface area contributed by atoms with E-state index >= 15 is 0 Å². The van der Waals surface area contributed by atoms with E-state index in [1.165, 1.54) is 19.0 Å². The lowest BCUT2D eigenvalue weighted by Gasteiger charge is -2.51. The Morgan fingerprint density at radius 3 is 2.63 bits per heavy atom. The number of nitrogens with one attached hydrogen (secondary N) is 1. The first-order valence-corrected chi connectivity index (χ1v) is 12.3. The molecule has 0 unspecified atom stereocenters. The van der Waals surface area contributed by atoms with Crippen LogP contribution in [0.3, 0.4) is 0 Å². The zero-order valence-electron chi connectivity index (χ0n) is 20.5. The zero-order valence-corrected chi connectivity index (χ0v) is 20.5. The highest BCUT2D eigenvalue weighted by Crippen LogP contribution is 2.40. The second-order valence-corrected chi connectivity index (χ2v) is 9.76. The summed E-state index contributed by atoms with van der Waals surface area (Å²) >= 11 is 0. The third-order valence-electron chi connectivity index (χ3n) is 7.47. The van der Waals surface area contributed by atoms with Gasteiger partial charge in [-0.25, -0.2) is 0 Å². The third-order valence-corrected chi connectivity index (χ3v) is 7.47. The number of hydrogen-bond acceptors (Lipinski definition) is 7. The lowest BCUT2D eigenvalue weighted by Crippen LogP contribution is -2.55. The molecule has 182 valence electrons. The topological polar surface area (TPSA) is 110 Å². The molecule has 1 aromatic carbocycles. The van der Waals surface area contributed by atoms with Crippen LogP contribution in [0.1, 0.15) is 62.6 Å². The van der Waals surface area contributed by atoms with Crippen molar-refractivity contribution in [1.29, 1.82) is 0 Å². The first kappa shape index (κ1) is 23.1. The number of amides is 1. The van der Waals surface area contributed by atoms with Crippen LogP contribution < -0.4 is 16.0 Å². The summed E-state index contributed by atoms with van der Waals surface area (Å²) in [6.07, 6.45) is 7.68. The van der Waals surface area contributed by atoms with Crippen LogP contribution in [-0.2, 0) is 4.79 Å². The SMILES string of the molecule is CCC1(CC)CN(c2ccc(/C(=C\N)C(=O)Nc3cc(-c4noc(C5CC5)n4)ccc3C)nc2)C1. The van der Waals surface area contributed by atoms with Crippen LogP contribution in [0.4, 0.5) is 11.4 Å². The van der Waals surface area contributed by atoms with Gasteiger partial charge in [-0.05, 0) is 56.4 Å². The van der Waals surface area contributed by atoms with Crippen molar-refractivity contribution in [3.05, 3.63) is 59.9 Å². The zero-order chi connectivity index (χ0) is 24.6. The summed E-state index contributed by atoms with van der Waals surface area (Å²) in [7, 11) is 0. The molecule has 0 atom stereocenters. The number of carbonyl (C=O) groups excluding carboxylic acids is 1. The van der Waals surface area contributed by atoms with E-state index in [0.717, 1.165) is 42.7 Å². The van der Waals surface area contributed by atoms with Gasteiger partial charge in [0, 0.05) is 41.9 Å². The van der Waals surface area contributed by atoms with Crippen molar-refractivity contribution >= 4 is 22.9 Å². The molecule has 5 rings (SSSR count). The van der Waals surface area contributed by atoms with Gasteiger partial charge in [0.05, 0.1) is 23.2 Å². The van der Waals surface area contributed by atoms with E-state index in [1.807, 2.05) is 43.5 Å². The molecule has 1 aliphatic heterocycles. The molecule has 0 bridgehead atoms. The fourth-order valence-electron chi connectivity index (χ4n) is 4.59. The van der Waals surface area contributed by atoms with Crippen LogP contribution in [0.15, 0.2) is 47.3 Å². The summed E-state index contributed by atoms with van der Waals surface area (Å²) < 4.78 is 5.38. The maximum Gasteiger partial charge on any atom is 0.259 e. The molecule has 3 aromatic rings. The molecule has 1 amide bonds. The summed E-state index contributed by atoms with van der Waals surface area (Å²) in [6.45, 7) is 8.52. The minimum absolute atomic E-state index is 0.317. The first-order valence-electron chi connectivity index (χ1n) is 12.3. The number of aryl methyl sites for hydroxylation is 1. The Kier molecular flexibility index (Phi) is 6.05. The monoisotopic (exact) mass is 472 g/mol. The van der Waals surface area contributed by atoms with Gasteiger partial charge in [0.2, 0.25) is 11.7 Å².